The van der Waals surface area contributed by atoms with Crippen LogP contribution in [-0.4, -0.2) is 19.3 Å². The van der Waals surface area contributed by atoms with Crippen molar-refractivity contribution in [3.05, 3.63) is 29.8 Å². The Morgan fingerprint density at radius 1 is 1.35 bits per heavy atom. The van der Waals surface area contributed by atoms with Gasteiger partial charge in [-0.1, -0.05) is 30.6 Å². The van der Waals surface area contributed by atoms with Crippen molar-refractivity contribution < 1.29 is 13.6 Å². The number of unbranched alkanes of at least 4 members (excludes halogenated alkanes) is 1. The molecule has 0 heterocycles. The standard InChI is InChI=1S/C11H16N2O3S/c1-2-3-4-11(13-14)9-5-7-10(8-6-9)17(12,15)16/h5-8,14H,2-4H2,1H3,(H2,12,15,16). The Morgan fingerprint density at radius 2 is 1.94 bits per heavy atom. The summed E-state index contributed by atoms with van der Waals surface area (Å²) in [5.74, 6) is 0. The molecule has 1 rings (SSSR count). The fourth-order valence-electron chi connectivity index (χ4n) is 1.43. The summed E-state index contributed by atoms with van der Waals surface area (Å²) in [5, 5.41) is 17.1. The van der Waals surface area contributed by atoms with Crippen molar-refractivity contribution in [3.8, 4) is 0 Å². The summed E-state index contributed by atoms with van der Waals surface area (Å²) in [7, 11) is -3.67. The van der Waals surface area contributed by atoms with Gasteiger partial charge in [0.1, 0.15) is 0 Å². The third-order valence-corrected chi connectivity index (χ3v) is 3.33. The number of hydrogen-bond acceptors (Lipinski definition) is 4. The number of rotatable bonds is 5. The third-order valence-electron chi connectivity index (χ3n) is 2.40. The Hall–Kier alpha value is -1.40. The number of nitrogens with two attached hydrogens (primary N) is 1. The van der Waals surface area contributed by atoms with Gasteiger partial charge in [0.05, 0.1) is 10.6 Å². The molecule has 0 saturated carbocycles. The molecule has 17 heavy (non-hydrogen) atoms. The van der Waals surface area contributed by atoms with Crippen molar-refractivity contribution in [1.29, 1.82) is 0 Å². The van der Waals surface area contributed by atoms with Crippen LogP contribution >= 0.6 is 0 Å². The fourth-order valence-corrected chi connectivity index (χ4v) is 1.95. The number of nitrogens with zero attached hydrogens (tertiary/aromatic N) is 1. The van der Waals surface area contributed by atoms with Crippen molar-refractivity contribution in [2.45, 2.75) is 31.1 Å². The molecule has 3 N–H and O–H groups in total. The third kappa shape index (κ3) is 3.83. The lowest BCUT2D eigenvalue weighted by Gasteiger charge is -2.04. The number of primary sulfonamides is 1. The first-order valence-electron chi connectivity index (χ1n) is 5.33. The predicted octanol–water partition coefficient (Wildman–Crippen LogP) is 1.70. The lowest BCUT2D eigenvalue weighted by molar-refractivity contribution is 0.318. The number of sulfonamides is 1. The van der Waals surface area contributed by atoms with Crippen molar-refractivity contribution in [2.24, 2.45) is 10.3 Å². The molecule has 0 amide bonds. The van der Waals surface area contributed by atoms with Gasteiger partial charge in [0.2, 0.25) is 10.0 Å². The average molecular weight is 256 g/mol. The van der Waals surface area contributed by atoms with Crippen LogP contribution in [0.2, 0.25) is 0 Å². The second kappa shape index (κ2) is 5.79. The van der Waals surface area contributed by atoms with E-state index in [-0.39, 0.29) is 4.90 Å². The minimum atomic E-state index is -3.67. The molecule has 0 unspecified atom stereocenters. The van der Waals surface area contributed by atoms with Crippen LogP contribution in [0.3, 0.4) is 0 Å². The minimum absolute atomic E-state index is 0.0500. The van der Waals surface area contributed by atoms with E-state index >= 15 is 0 Å². The van der Waals surface area contributed by atoms with Crippen LogP contribution in [0.25, 0.3) is 0 Å². The zero-order valence-corrected chi connectivity index (χ0v) is 10.4. The first-order valence-corrected chi connectivity index (χ1v) is 6.88. The summed E-state index contributed by atoms with van der Waals surface area (Å²) in [5.41, 5.74) is 1.25. The number of benzene rings is 1. The van der Waals surface area contributed by atoms with E-state index in [0.717, 1.165) is 12.8 Å². The molecule has 0 fully saturated rings. The normalized spacial score (nSPS) is 12.7. The van der Waals surface area contributed by atoms with Crippen molar-refractivity contribution in [3.63, 3.8) is 0 Å². The van der Waals surface area contributed by atoms with Crippen LogP contribution in [0, 0.1) is 0 Å². The number of oxime groups is 1. The summed E-state index contributed by atoms with van der Waals surface area (Å²) in [6.45, 7) is 2.04. The van der Waals surface area contributed by atoms with E-state index in [1.165, 1.54) is 12.1 Å². The molecule has 0 aliphatic rings. The molecule has 0 radical (unpaired) electrons. The molecular formula is C11H16N2O3S. The predicted molar refractivity (Wildman–Crippen MR) is 65.7 cm³/mol. The molecule has 6 heteroatoms. The lowest BCUT2D eigenvalue weighted by Crippen LogP contribution is -2.12. The van der Waals surface area contributed by atoms with E-state index in [1.807, 2.05) is 6.92 Å². The smallest absolute Gasteiger partial charge is 0.238 e. The monoisotopic (exact) mass is 256 g/mol. The maximum atomic E-state index is 11.1. The van der Waals surface area contributed by atoms with E-state index < -0.39 is 10.0 Å². The van der Waals surface area contributed by atoms with E-state index in [0.29, 0.717) is 17.7 Å². The highest BCUT2D eigenvalue weighted by atomic mass is 32.2. The van der Waals surface area contributed by atoms with Gasteiger partial charge in [-0.25, -0.2) is 13.6 Å². The van der Waals surface area contributed by atoms with Gasteiger partial charge in [0, 0.05) is 0 Å². The summed E-state index contributed by atoms with van der Waals surface area (Å²) >= 11 is 0. The van der Waals surface area contributed by atoms with Gasteiger partial charge < -0.3 is 5.21 Å². The molecule has 0 aliphatic heterocycles. The zero-order chi connectivity index (χ0) is 12.9. The van der Waals surface area contributed by atoms with Gasteiger partial charge in [0.25, 0.3) is 0 Å². The van der Waals surface area contributed by atoms with Gasteiger partial charge in [-0.05, 0) is 30.5 Å². The second-order valence-electron chi connectivity index (χ2n) is 3.72. The molecule has 5 nitrogen and oxygen atoms in total. The highest BCUT2D eigenvalue weighted by Crippen LogP contribution is 2.12. The molecule has 0 spiro atoms. The molecule has 0 bridgehead atoms. The highest BCUT2D eigenvalue weighted by molar-refractivity contribution is 7.89. The highest BCUT2D eigenvalue weighted by Gasteiger charge is 2.09. The Labute approximate surface area is 101 Å². The zero-order valence-electron chi connectivity index (χ0n) is 9.63. The first kappa shape index (κ1) is 13.7. The van der Waals surface area contributed by atoms with Crippen molar-refractivity contribution in [1.82, 2.24) is 0 Å². The molecule has 1 aromatic rings. The van der Waals surface area contributed by atoms with Gasteiger partial charge in [-0.3, -0.25) is 0 Å². The quantitative estimate of drug-likeness (QED) is 0.477. The SMILES string of the molecule is CCCCC(=NO)c1ccc(S(N)(=O)=O)cc1. The van der Waals surface area contributed by atoms with E-state index in [1.54, 1.807) is 12.1 Å². The number of hydrogen-bond donors (Lipinski definition) is 2. The maximum absolute atomic E-state index is 11.1. The minimum Gasteiger partial charge on any atom is -0.411 e. The van der Waals surface area contributed by atoms with Crippen LogP contribution in [0.15, 0.2) is 34.3 Å². The summed E-state index contributed by atoms with van der Waals surface area (Å²) in [6.07, 6.45) is 2.56. The molecule has 94 valence electrons. The Balaban J connectivity index is 2.94. The van der Waals surface area contributed by atoms with Gasteiger partial charge in [-0.2, -0.15) is 0 Å². The molecular weight excluding hydrogens is 240 g/mol. The lowest BCUT2D eigenvalue weighted by atomic mass is 10.1. The first-order chi connectivity index (χ1) is 7.99. The van der Waals surface area contributed by atoms with Crippen LogP contribution in [0.4, 0.5) is 0 Å². The van der Waals surface area contributed by atoms with Crippen LogP contribution in [-0.2, 0) is 10.0 Å². The Kier molecular flexibility index (Phi) is 4.65. The van der Waals surface area contributed by atoms with Gasteiger partial charge >= 0.3 is 0 Å². The summed E-state index contributed by atoms with van der Waals surface area (Å²) in [6, 6.07) is 5.98. The van der Waals surface area contributed by atoms with E-state index in [4.69, 9.17) is 10.3 Å². The van der Waals surface area contributed by atoms with E-state index in [9.17, 15) is 8.42 Å². The molecule has 0 aromatic heterocycles. The fraction of sp³-hybridized carbons (Fsp3) is 0.364. The van der Waals surface area contributed by atoms with Crippen molar-refractivity contribution >= 4 is 15.7 Å². The van der Waals surface area contributed by atoms with Gasteiger partial charge in [-0.15, -0.1) is 0 Å². The summed E-state index contributed by atoms with van der Waals surface area (Å²) in [4.78, 5) is 0.0500. The molecule has 0 saturated heterocycles. The van der Waals surface area contributed by atoms with Crippen LogP contribution in [0.5, 0.6) is 0 Å². The summed E-state index contributed by atoms with van der Waals surface area (Å²) < 4.78 is 22.1. The van der Waals surface area contributed by atoms with Gasteiger partial charge in [0.15, 0.2) is 0 Å². The molecule has 0 atom stereocenters. The largest absolute Gasteiger partial charge is 0.411 e. The molecule has 1 aromatic carbocycles. The maximum Gasteiger partial charge on any atom is 0.238 e. The van der Waals surface area contributed by atoms with E-state index in [2.05, 4.69) is 5.16 Å². The van der Waals surface area contributed by atoms with Crippen LogP contribution in [0.1, 0.15) is 31.7 Å². The second-order valence-corrected chi connectivity index (χ2v) is 5.28. The Bertz CT molecular complexity index is 492. The Morgan fingerprint density at radius 3 is 2.35 bits per heavy atom. The molecule has 0 aliphatic carbocycles. The van der Waals surface area contributed by atoms with Crippen molar-refractivity contribution in [2.75, 3.05) is 0 Å². The average Bonchev–Trinajstić information content (AvgIpc) is 2.29. The van der Waals surface area contributed by atoms with Crippen LogP contribution < -0.4 is 5.14 Å². The topological polar surface area (TPSA) is 92.8 Å².